The largest absolute Gasteiger partial charge is 0.508 e. The fraction of sp³-hybridized carbons (Fsp3) is 0.640. The minimum absolute atomic E-state index is 0.00984. The molecule has 14 unspecified atom stereocenters. The highest BCUT2D eigenvalue weighted by molar-refractivity contribution is 8.76. The SMILES string of the molecule is CCC(C)C(NC(=O)C(CC(C)C)NC(=O)C1CC(=O)NCCCCC2NC(=O)C3CCCN3C(=O)C(CC(C)C)NC(=O)C(Cc3ccc(O)cc3)NC(=O)C3CCCN3C(=O)C3CCCN3C(=O)C(NC(C)=O)CSSCC(NC(=O)C(CC(C)C)NC(=O)C(Cc3ccc(O)cc3)NC2=O)C(=O)N1)C(N)=O. The molecule has 0 aliphatic carbocycles. The lowest BCUT2D eigenvalue weighted by Gasteiger charge is -2.33. The molecule has 34 heteroatoms. The highest BCUT2D eigenvalue weighted by Crippen LogP contribution is 2.30. The van der Waals surface area contributed by atoms with Crippen LogP contribution in [0.3, 0.4) is 0 Å². The Hall–Kier alpha value is -9.21. The fourth-order valence-corrected chi connectivity index (χ4v) is 16.5. The average Bonchev–Trinajstić information content (AvgIpc) is 1.69. The maximum absolute atomic E-state index is 15.2. The number of fused-ring (bicyclic) bond motifs is 12. The van der Waals surface area contributed by atoms with Crippen molar-refractivity contribution < 1.29 is 82.1 Å². The molecule has 5 aliphatic heterocycles. The summed E-state index contributed by atoms with van der Waals surface area (Å²) < 4.78 is 0. The van der Waals surface area contributed by atoms with E-state index in [1.807, 2.05) is 13.8 Å². The van der Waals surface area contributed by atoms with E-state index < -0.39 is 179 Å². The first kappa shape index (κ1) is 87.0. The van der Waals surface area contributed by atoms with E-state index in [0.29, 0.717) is 36.8 Å². The number of rotatable bonds is 18. The number of primary amides is 1. The Morgan fingerprint density at radius 1 is 0.523 bits per heavy atom. The number of hydrogen-bond acceptors (Lipinski definition) is 19. The van der Waals surface area contributed by atoms with Gasteiger partial charge in [0.2, 0.25) is 88.6 Å². The van der Waals surface area contributed by atoms with Crippen molar-refractivity contribution in [2.45, 2.75) is 244 Å². The minimum Gasteiger partial charge on any atom is -0.508 e. The molecule has 2 aromatic rings. The molecule has 5 fully saturated rings. The Morgan fingerprint density at radius 3 is 1.54 bits per heavy atom. The van der Waals surface area contributed by atoms with Crippen molar-refractivity contribution in [3.63, 3.8) is 0 Å². The molecule has 0 spiro atoms. The van der Waals surface area contributed by atoms with Gasteiger partial charge in [-0.05, 0) is 136 Å². The molecule has 600 valence electrons. The first-order valence-corrected chi connectivity index (χ1v) is 40.5. The molecule has 2 bridgehead atoms. The summed E-state index contributed by atoms with van der Waals surface area (Å²) in [6, 6.07) is -6.07. The first-order valence-electron chi connectivity index (χ1n) is 38.0. The molecule has 5 heterocycles. The quantitative estimate of drug-likeness (QED) is 0.0713. The lowest BCUT2D eigenvalue weighted by Crippen LogP contribution is -2.61. The molecule has 15 N–H and O–H groups in total. The Labute approximate surface area is 644 Å². The van der Waals surface area contributed by atoms with Crippen LogP contribution in [0.5, 0.6) is 11.5 Å². The van der Waals surface area contributed by atoms with Crippen LogP contribution >= 0.6 is 21.6 Å². The van der Waals surface area contributed by atoms with Crippen LogP contribution < -0.4 is 64.2 Å². The van der Waals surface area contributed by atoms with Crippen LogP contribution in [-0.2, 0) is 84.8 Å². The molecule has 109 heavy (non-hydrogen) atoms. The van der Waals surface area contributed by atoms with Gasteiger partial charge in [-0.1, -0.05) is 108 Å². The van der Waals surface area contributed by atoms with Crippen molar-refractivity contribution in [2.75, 3.05) is 37.7 Å². The van der Waals surface area contributed by atoms with Crippen LogP contribution in [-0.4, -0.2) is 230 Å². The van der Waals surface area contributed by atoms with Gasteiger partial charge in [0.25, 0.3) is 0 Å². The van der Waals surface area contributed by atoms with E-state index >= 15 is 28.8 Å². The molecule has 0 saturated carbocycles. The van der Waals surface area contributed by atoms with Crippen molar-refractivity contribution in [1.82, 2.24) is 73.2 Å². The third-order valence-corrected chi connectivity index (χ3v) is 22.5. The number of hydrogen-bond donors (Lipinski definition) is 14. The van der Waals surface area contributed by atoms with E-state index in [1.54, 1.807) is 53.7 Å². The summed E-state index contributed by atoms with van der Waals surface area (Å²) in [6.45, 7) is 15.6. The van der Waals surface area contributed by atoms with Crippen molar-refractivity contribution in [3.05, 3.63) is 59.7 Å². The summed E-state index contributed by atoms with van der Waals surface area (Å²) in [5, 5.41) is 50.8. The van der Waals surface area contributed by atoms with E-state index in [2.05, 4.69) is 58.5 Å². The van der Waals surface area contributed by atoms with Gasteiger partial charge in [0, 0.05) is 57.5 Å². The van der Waals surface area contributed by atoms with Crippen molar-refractivity contribution in [3.8, 4) is 11.5 Å². The fourth-order valence-electron chi connectivity index (χ4n) is 14.2. The van der Waals surface area contributed by atoms with E-state index in [1.165, 1.54) is 58.0 Å². The number of carbonyl (C=O) groups excluding carboxylic acids is 15. The van der Waals surface area contributed by atoms with Gasteiger partial charge in [0.15, 0.2) is 0 Å². The Kier molecular flexibility index (Phi) is 33.2. The molecular formula is C75H111N15O17S2. The highest BCUT2D eigenvalue weighted by atomic mass is 33.1. The van der Waals surface area contributed by atoms with Gasteiger partial charge < -0.3 is 89.1 Å². The zero-order valence-corrected chi connectivity index (χ0v) is 65.4. The molecule has 0 aromatic heterocycles. The summed E-state index contributed by atoms with van der Waals surface area (Å²) >= 11 is 0. The molecule has 32 nitrogen and oxygen atoms in total. The van der Waals surface area contributed by atoms with E-state index in [4.69, 9.17) is 5.73 Å². The zero-order chi connectivity index (χ0) is 79.9. The summed E-state index contributed by atoms with van der Waals surface area (Å²) in [5.41, 5.74) is 6.69. The molecule has 0 radical (unpaired) electrons. The molecule has 2 aromatic carbocycles. The number of aromatic hydroxyl groups is 2. The molecule has 5 saturated heterocycles. The van der Waals surface area contributed by atoms with Crippen molar-refractivity contribution in [1.29, 1.82) is 0 Å². The van der Waals surface area contributed by atoms with E-state index in [9.17, 15) is 53.4 Å². The van der Waals surface area contributed by atoms with Crippen molar-refractivity contribution in [2.24, 2.45) is 29.4 Å². The van der Waals surface area contributed by atoms with E-state index in [0.717, 1.165) is 21.6 Å². The predicted molar refractivity (Wildman–Crippen MR) is 406 cm³/mol. The standard InChI is InChI=1S/C75H111N15O17S2/c1-10-43(8)62(63(76)95)87-69(101)51(33-41(4)5)81-68(100)54-37-61(94)77-28-12-11-16-49-64(96)82-52(35-45-20-24-47(92)25-21-45)66(98)80-50(32-40(2)3)65(97)86-56(70(102)83-54)38-108-109-39-57(78-44(9)91)74(106)90-31-15-19-60(90)75(107)89-30-14-18-59(89)72(104)84-53(36-46-22-26-48(93)27-23-46)67(99)85-55(34-42(6)7)73(105)88-29-13-17-58(88)71(103)79-49/h20-27,40-43,49-60,62,92-93H,10-19,28-39H2,1-9H3,(H2,76,95)(H,77,94)(H,78,91)(H,79,103)(H,80,98)(H,81,100)(H,82,96)(H,83,102)(H,84,104)(H,85,99)(H,86,97)(H,87,101). The normalized spacial score (nSPS) is 26.3. The average molecular weight is 1560 g/mol. The molecule has 5 aliphatic rings. The monoisotopic (exact) mass is 1560 g/mol. The van der Waals surface area contributed by atoms with Gasteiger partial charge >= 0.3 is 0 Å². The van der Waals surface area contributed by atoms with Gasteiger partial charge in [-0.2, -0.15) is 0 Å². The second-order valence-electron chi connectivity index (χ2n) is 30.3. The van der Waals surface area contributed by atoms with Gasteiger partial charge in [0.1, 0.15) is 90.0 Å². The van der Waals surface area contributed by atoms with Crippen LogP contribution in [0.15, 0.2) is 48.5 Å². The van der Waals surface area contributed by atoms with Gasteiger partial charge in [0.05, 0.1) is 6.42 Å². The summed E-state index contributed by atoms with van der Waals surface area (Å²) in [7, 11) is 1.94. The highest BCUT2D eigenvalue weighted by Gasteiger charge is 2.46. The number of benzene rings is 2. The molecular weight excluding hydrogens is 1450 g/mol. The first-order chi connectivity index (χ1) is 51.7. The van der Waals surface area contributed by atoms with Gasteiger partial charge in [-0.3, -0.25) is 71.9 Å². The zero-order valence-electron chi connectivity index (χ0n) is 63.7. The molecule has 15 amide bonds. The number of nitrogens with zero attached hydrogens (tertiary/aromatic N) is 3. The Morgan fingerprint density at radius 2 is 1.00 bits per heavy atom. The number of carbonyl (C=O) groups is 15. The van der Waals surface area contributed by atoms with Crippen molar-refractivity contribution >= 4 is 110 Å². The number of amides is 15. The Balaban J connectivity index is 1.34. The predicted octanol–water partition coefficient (Wildman–Crippen LogP) is 0.479. The maximum Gasteiger partial charge on any atom is 0.246 e. The molecule has 14 atom stereocenters. The van der Waals surface area contributed by atoms with Crippen LogP contribution in [0.1, 0.15) is 163 Å². The third-order valence-electron chi connectivity index (χ3n) is 20.1. The van der Waals surface area contributed by atoms with Crippen LogP contribution in [0, 0.1) is 23.7 Å². The number of phenolic OH excluding ortho intramolecular Hbond substituents is 2. The minimum atomic E-state index is -1.78. The number of nitrogens with two attached hydrogens (primary N) is 1. The van der Waals surface area contributed by atoms with E-state index in [-0.39, 0.29) is 138 Å². The van der Waals surface area contributed by atoms with Gasteiger partial charge in [-0.15, -0.1) is 0 Å². The smallest absolute Gasteiger partial charge is 0.246 e. The number of nitrogens with one attached hydrogen (secondary N) is 11. The topological polar surface area (TPSA) is 465 Å². The maximum atomic E-state index is 15.2. The van der Waals surface area contributed by atoms with Gasteiger partial charge in [-0.25, -0.2) is 0 Å². The Bertz CT molecular complexity index is 3590. The summed E-state index contributed by atoms with van der Waals surface area (Å²) in [4.78, 5) is 223. The second kappa shape index (κ2) is 41.5. The third kappa shape index (κ3) is 25.7. The number of phenols is 2. The summed E-state index contributed by atoms with van der Waals surface area (Å²) in [6.07, 6.45) is 0.911. The second-order valence-corrected chi connectivity index (χ2v) is 32.9. The van der Waals surface area contributed by atoms with Crippen LogP contribution in [0.2, 0.25) is 0 Å². The molecule has 7 rings (SSSR count). The summed E-state index contributed by atoms with van der Waals surface area (Å²) in [5.74, 6) is -13.8. The lowest BCUT2D eigenvalue weighted by molar-refractivity contribution is -0.147. The van der Waals surface area contributed by atoms with Crippen LogP contribution in [0.25, 0.3) is 0 Å². The van der Waals surface area contributed by atoms with Crippen LogP contribution in [0.4, 0.5) is 0 Å². The lowest BCUT2D eigenvalue weighted by atomic mass is 9.97.